The van der Waals surface area contributed by atoms with Crippen molar-refractivity contribution in [3.05, 3.63) is 0 Å². The van der Waals surface area contributed by atoms with Crippen LogP contribution in [0, 0.1) is 5.92 Å². The summed E-state index contributed by atoms with van der Waals surface area (Å²) in [6.07, 6.45) is 0.978. The van der Waals surface area contributed by atoms with E-state index in [0.29, 0.717) is 12.8 Å². The Morgan fingerprint density at radius 1 is 1.04 bits per heavy atom. The Morgan fingerprint density at radius 3 is 1.83 bits per heavy atom. The summed E-state index contributed by atoms with van der Waals surface area (Å²) in [5.74, 6) is -1.11. The molecule has 7 nitrogen and oxygen atoms in total. The van der Waals surface area contributed by atoms with Crippen LogP contribution in [-0.4, -0.2) is 60.1 Å². The molecule has 0 spiro atoms. The number of aliphatic hydroxyl groups excluding tert-OH is 1. The molecule has 0 aromatic carbocycles. The molecule has 0 saturated carbocycles. The van der Waals surface area contributed by atoms with Crippen molar-refractivity contribution < 1.29 is 29.0 Å². The maximum atomic E-state index is 11.6. The first-order valence-electron chi connectivity index (χ1n) is 8.27. The van der Waals surface area contributed by atoms with Crippen LogP contribution in [-0.2, 0) is 23.9 Å². The molecule has 7 heteroatoms. The lowest BCUT2D eigenvalue weighted by atomic mass is 9.80. The molecule has 0 atom stereocenters. The van der Waals surface area contributed by atoms with Gasteiger partial charge in [-0.1, -0.05) is 0 Å². The van der Waals surface area contributed by atoms with Gasteiger partial charge in [0, 0.05) is 17.0 Å². The highest BCUT2D eigenvalue weighted by Crippen LogP contribution is 2.38. The second kappa shape index (κ2) is 8.27. The van der Waals surface area contributed by atoms with Crippen LogP contribution in [0.15, 0.2) is 0 Å². The molecule has 0 amide bonds. The number of rotatable bonds is 7. The van der Waals surface area contributed by atoms with Crippen molar-refractivity contribution in [3.63, 3.8) is 0 Å². The lowest BCUT2D eigenvalue weighted by molar-refractivity contribution is -0.297. The van der Waals surface area contributed by atoms with Crippen molar-refractivity contribution in [1.29, 1.82) is 0 Å². The molecule has 1 rings (SSSR count). The molecule has 0 radical (unpaired) electrons. The Bertz CT molecular complexity index is 412. The number of carbonyl (C=O) groups is 2. The number of hydrogen-bond donors (Lipinski definition) is 1. The van der Waals surface area contributed by atoms with Gasteiger partial charge >= 0.3 is 11.9 Å². The highest BCUT2D eigenvalue weighted by molar-refractivity contribution is 5.73. The van der Waals surface area contributed by atoms with Crippen molar-refractivity contribution in [3.8, 4) is 0 Å². The van der Waals surface area contributed by atoms with Gasteiger partial charge in [-0.05, 0) is 40.5 Å². The normalized spacial score (nSPS) is 20.8. The second-order valence-electron chi connectivity index (χ2n) is 7.70. The summed E-state index contributed by atoms with van der Waals surface area (Å²) in [4.78, 5) is 29.2. The topological polar surface area (TPSA) is 85.3 Å². The standard InChI is InChI=1S/C17H31NO6/c1-16(2)9-13(19)10-17(3,4)18(16)24-11-12(7-14(20)22-5)8-15(21)23-6/h12-13,19H,7-11H2,1-6H3. The molecule has 1 heterocycles. The highest BCUT2D eigenvalue weighted by Gasteiger charge is 2.46. The van der Waals surface area contributed by atoms with Crippen LogP contribution in [0.1, 0.15) is 53.4 Å². The first-order valence-corrected chi connectivity index (χ1v) is 8.27. The highest BCUT2D eigenvalue weighted by atomic mass is 16.7. The van der Waals surface area contributed by atoms with E-state index in [9.17, 15) is 14.7 Å². The van der Waals surface area contributed by atoms with E-state index in [-0.39, 0.29) is 54.5 Å². The molecule has 0 bridgehead atoms. The van der Waals surface area contributed by atoms with Gasteiger partial charge in [0.25, 0.3) is 0 Å². The summed E-state index contributed by atoms with van der Waals surface area (Å²) >= 11 is 0. The largest absolute Gasteiger partial charge is 0.469 e. The molecule has 0 aliphatic carbocycles. The molecule has 1 aliphatic rings. The van der Waals surface area contributed by atoms with Crippen LogP contribution in [0.5, 0.6) is 0 Å². The third kappa shape index (κ3) is 5.72. The number of hydrogen-bond acceptors (Lipinski definition) is 7. The molecule has 1 saturated heterocycles. The molecule has 0 aromatic heterocycles. The predicted molar refractivity (Wildman–Crippen MR) is 87.9 cm³/mol. The fourth-order valence-electron chi connectivity index (χ4n) is 3.57. The first kappa shape index (κ1) is 20.9. The van der Waals surface area contributed by atoms with Gasteiger partial charge in [0.15, 0.2) is 0 Å². The zero-order valence-electron chi connectivity index (χ0n) is 15.6. The Balaban J connectivity index is 2.79. The lowest BCUT2D eigenvalue weighted by Gasteiger charge is -2.53. The minimum atomic E-state index is -0.389. The number of esters is 2. The van der Waals surface area contributed by atoms with Gasteiger partial charge in [0.05, 0.1) is 39.8 Å². The molecule has 0 aromatic rings. The van der Waals surface area contributed by atoms with Crippen molar-refractivity contribution in [2.45, 2.75) is 70.6 Å². The van der Waals surface area contributed by atoms with Crippen molar-refractivity contribution in [2.24, 2.45) is 5.92 Å². The van der Waals surface area contributed by atoms with Crippen molar-refractivity contribution >= 4 is 11.9 Å². The minimum absolute atomic E-state index is 0.0862. The monoisotopic (exact) mass is 345 g/mol. The molecule has 1 fully saturated rings. The van der Waals surface area contributed by atoms with E-state index in [0.717, 1.165) is 0 Å². The fraction of sp³-hybridized carbons (Fsp3) is 0.882. The Kier molecular flexibility index (Phi) is 7.19. The van der Waals surface area contributed by atoms with Crippen molar-refractivity contribution in [1.82, 2.24) is 5.06 Å². The maximum absolute atomic E-state index is 11.6. The Labute approximate surface area is 144 Å². The summed E-state index contributed by atoms with van der Waals surface area (Å²) in [5.41, 5.74) is -0.718. The Hall–Kier alpha value is -1.18. The lowest BCUT2D eigenvalue weighted by Crippen LogP contribution is -2.61. The number of aliphatic hydroxyl groups is 1. The predicted octanol–water partition coefficient (Wildman–Crippen LogP) is 1.67. The third-order valence-electron chi connectivity index (χ3n) is 4.38. The van der Waals surface area contributed by atoms with E-state index in [4.69, 9.17) is 14.3 Å². The first-order chi connectivity index (χ1) is 11.0. The van der Waals surface area contributed by atoms with Crippen LogP contribution >= 0.6 is 0 Å². The molecular formula is C17H31NO6. The van der Waals surface area contributed by atoms with Gasteiger partial charge in [-0.3, -0.25) is 14.4 Å². The number of ether oxygens (including phenoxy) is 2. The van der Waals surface area contributed by atoms with Crippen LogP contribution < -0.4 is 0 Å². The number of hydroxylamine groups is 2. The molecule has 140 valence electrons. The molecule has 1 N–H and O–H groups in total. The molecule has 1 aliphatic heterocycles. The fourth-order valence-corrected chi connectivity index (χ4v) is 3.57. The smallest absolute Gasteiger partial charge is 0.305 e. The number of nitrogens with zero attached hydrogens (tertiary/aromatic N) is 1. The number of methoxy groups -OCH3 is 2. The van der Waals surface area contributed by atoms with E-state index < -0.39 is 0 Å². The van der Waals surface area contributed by atoms with E-state index in [1.54, 1.807) is 0 Å². The van der Waals surface area contributed by atoms with Gasteiger partial charge in [0.1, 0.15) is 0 Å². The third-order valence-corrected chi connectivity index (χ3v) is 4.38. The zero-order chi connectivity index (χ0) is 18.5. The average molecular weight is 345 g/mol. The SMILES string of the molecule is COC(=O)CC(CON1C(C)(C)CC(O)CC1(C)C)CC(=O)OC. The van der Waals surface area contributed by atoms with Crippen LogP contribution in [0.25, 0.3) is 0 Å². The maximum Gasteiger partial charge on any atom is 0.305 e. The van der Waals surface area contributed by atoms with E-state index in [2.05, 4.69) is 0 Å². The molecule has 24 heavy (non-hydrogen) atoms. The number of carbonyl (C=O) groups excluding carboxylic acids is 2. The van der Waals surface area contributed by atoms with Crippen LogP contribution in [0.4, 0.5) is 0 Å². The van der Waals surface area contributed by atoms with Crippen LogP contribution in [0.2, 0.25) is 0 Å². The summed E-state index contributed by atoms with van der Waals surface area (Å²) in [5, 5.41) is 12.0. The summed E-state index contributed by atoms with van der Waals surface area (Å²) < 4.78 is 9.38. The van der Waals surface area contributed by atoms with E-state index >= 15 is 0 Å². The molecule has 0 unspecified atom stereocenters. The van der Waals surface area contributed by atoms with Gasteiger partial charge < -0.3 is 14.6 Å². The van der Waals surface area contributed by atoms with Crippen LogP contribution in [0.3, 0.4) is 0 Å². The van der Waals surface area contributed by atoms with Gasteiger partial charge in [0.2, 0.25) is 0 Å². The minimum Gasteiger partial charge on any atom is -0.469 e. The molecular weight excluding hydrogens is 314 g/mol. The summed E-state index contributed by atoms with van der Waals surface area (Å²) in [6, 6.07) is 0. The quantitative estimate of drug-likeness (QED) is 0.703. The van der Waals surface area contributed by atoms with Gasteiger partial charge in [-0.25, -0.2) is 0 Å². The summed E-state index contributed by atoms with van der Waals surface area (Å²) in [6.45, 7) is 8.23. The van der Waals surface area contributed by atoms with E-state index in [1.165, 1.54) is 14.2 Å². The van der Waals surface area contributed by atoms with E-state index in [1.807, 2.05) is 32.8 Å². The Morgan fingerprint density at radius 2 is 1.46 bits per heavy atom. The second-order valence-corrected chi connectivity index (χ2v) is 7.70. The van der Waals surface area contributed by atoms with Gasteiger partial charge in [-0.2, -0.15) is 5.06 Å². The number of piperidine rings is 1. The summed E-state index contributed by atoms with van der Waals surface area (Å²) in [7, 11) is 2.63. The zero-order valence-corrected chi connectivity index (χ0v) is 15.6. The van der Waals surface area contributed by atoms with Crippen molar-refractivity contribution in [2.75, 3.05) is 20.8 Å². The average Bonchev–Trinajstić information content (AvgIpc) is 2.43. The van der Waals surface area contributed by atoms with Gasteiger partial charge in [-0.15, -0.1) is 0 Å².